The summed E-state index contributed by atoms with van der Waals surface area (Å²) in [4.78, 5) is 0. The number of benzene rings is 1. The molecule has 0 aliphatic heterocycles. The minimum Gasteiger partial charge on any atom is -0.297 e. The summed E-state index contributed by atoms with van der Waals surface area (Å²) in [6, 6.07) is 6.34. The van der Waals surface area contributed by atoms with Crippen LogP contribution in [0.15, 0.2) is 24.3 Å². The maximum atomic E-state index is 11.9. The number of hydrogen-bond donors (Lipinski definition) is 1. The molecule has 0 spiro atoms. The van der Waals surface area contributed by atoms with Gasteiger partial charge in [-0.25, -0.2) is 4.21 Å². The van der Waals surface area contributed by atoms with Gasteiger partial charge in [-0.05, 0) is 18.6 Å². The van der Waals surface area contributed by atoms with Crippen molar-refractivity contribution in [3.05, 3.63) is 29.8 Å². The lowest BCUT2D eigenvalue weighted by Crippen LogP contribution is -2.23. The standard InChI is InChI=1S/C8H8F3NOS/c1-6-4-2-3-5-7(6)12-14(13)8(9,10)11/h2-5,12H,1H3. The van der Waals surface area contributed by atoms with Gasteiger partial charge in [0.2, 0.25) is 11.0 Å². The topological polar surface area (TPSA) is 29.1 Å². The van der Waals surface area contributed by atoms with E-state index in [4.69, 9.17) is 0 Å². The predicted molar refractivity (Wildman–Crippen MR) is 49.0 cm³/mol. The third-order valence-corrected chi connectivity index (χ3v) is 2.38. The Morgan fingerprint density at radius 1 is 1.29 bits per heavy atom. The number of hydrogen-bond acceptors (Lipinski definition) is 1. The van der Waals surface area contributed by atoms with Crippen molar-refractivity contribution in [3.8, 4) is 0 Å². The second-order valence-corrected chi connectivity index (χ2v) is 3.84. The molecule has 0 aromatic heterocycles. The predicted octanol–water partition coefficient (Wildman–Crippen LogP) is 2.59. The number of anilines is 1. The van der Waals surface area contributed by atoms with Crippen LogP contribution >= 0.6 is 0 Å². The Balaban J connectivity index is 2.80. The molecule has 0 aliphatic carbocycles. The van der Waals surface area contributed by atoms with Crippen molar-refractivity contribution in [1.82, 2.24) is 0 Å². The van der Waals surface area contributed by atoms with Gasteiger partial charge in [-0.1, -0.05) is 18.2 Å². The summed E-state index contributed by atoms with van der Waals surface area (Å²) in [5.74, 6) is 0. The van der Waals surface area contributed by atoms with E-state index in [1.54, 1.807) is 25.1 Å². The molecule has 1 atom stereocenters. The Labute approximate surface area is 81.7 Å². The molecule has 0 aliphatic rings. The van der Waals surface area contributed by atoms with E-state index in [0.717, 1.165) is 0 Å². The highest BCUT2D eigenvalue weighted by Gasteiger charge is 2.37. The normalized spacial score (nSPS) is 13.7. The molecular weight excluding hydrogens is 215 g/mol. The van der Waals surface area contributed by atoms with Crippen molar-refractivity contribution in [1.29, 1.82) is 0 Å². The molecule has 0 radical (unpaired) electrons. The van der Waals surface area contributed by atoms with Gasteiger partial charge in [-0.15, -0.1) is 0 Å². The van der Waals surface area contributed by atoms with Crippen LogP contribution in [0.3, 0.4) is 0 Å². The van der Waals surface area contributed by atoms with Crippen LogP contribution in [0.2, 0.25) is 0 Å². The first-order chi connectivity index (χ1) is 6.41. The van der Waals surface area contributed by atoms with Crippen LogP contribution < -0.4 is 4.72 Å². The molecule has 1 rings (SSSR count). The summed E-state index contributed by atoms with van der Waals surface area (Å²) in [5.41, 5.74) is -3.89. The molecule has 0 bridgehead atoms. The van der Waals surface area contributed by atoms with E-state index in [9.17, 15) is 17.4 Å². The van der Waals surface area contributed by atoms with E-state index in [1.807, 2.05) is 4.72 Å². The van der Waals surface area contributed by atoms with Crippen LogP contribution in [0.25, 0.3) is 0 Å². The first-order valence-corrected chi connectivity index (χ1v) is 4.87. The summed E-state index contributed by atoms with van der Waals surface area (Å²) < 4.78 is 48.3. The van der Waals surface area contributed by atoms with Crippen LogP contribution in [-0.4, -0.2) is 9.72 Å². The maximum Gasteiger partial charge on any atom is 0.490 e. The first kappa shape index (κ1) is 11.0. The fourth-order valence-corrected chi connectivity index (χ4v) is 1.39. The molecule has 14 heavy (non-hydrogen) atoms. The zero-order valence-corrected chi connectivity index (χ0v) is 8.08. The number of aryl methyl sites for hydroxylation is 1. The lowest BCUT2D eigenvalue weighted by molar-refractivity contribution is -0.0379. The molecule has 1 N–H and O–H groups in total. The Morgan fingerprint density at radius 2 is 1.86 bits per heavy atom. The molecule has 0 amide bonds. The fraction of sp³-hybridized carbons (Fsp3) is 0.250. The molecule has 6 heteroatoms. The maximum absolute atomic E-state index is 11.9. The van der Waals surface area contributed by atoms with Crippen LogP contribution in [0.5, 0.6) is 0 Å². The Hall–Kier alpha value is -1.04. The lowest BCUT2D eigenvalue weighted by Gasteiger charge is -2.10. The van der Waals surface area contributed by atoms with Crippen LogP contribution in [0.1, 0.15) is 5.56 Å². The highest BCUT2D eigenvalue weighted by Crippen LogP contribution is 2.23. The van der Waals surface area contributed by atoms with Crippen molar-refractivity contribution in [3.63, 3.8) is 0 Å². The second-order valence-electron chi connectivity index (χ2n) is 2.63. The summed E-state index contributed by atoms with van der Waals surface area (Å²) in [5, 5.41) is 0. The zero-order chi connectivity index (χ0) is 10.8. The minimum atomic E-state index is -4.73. The SMILES string of the molecule is Cc1ccccc1NS(=O)C(F)(F)F. The number of nitrogens with one attached hydrogen (secondary N) is 1. The molecule has 0 saturated heterocycles. The molecule has 78 valence electrons. The van der Waals surface area contributed by atoms with Crippen molar-refractivity contribution < 1.29 is 17.4 Å². The second kappa shape index (κ2) is 4.00. The van der Waals surface area contributed by atoms with E-state index in [2.05, 4.69) is 0 Å². The van der Waals surface area contributed by atoms with Crippen molar-refractivity contribution in [2.45, 2.75) is 12.4 Å². The largest absolute Gasteiger partial charge is 0.490 e. The van der Waals surface area contributed by atoms with E-state index in [0.29, 0.717) is 5.56 Å². The number of halogens is 3. The van der Waals surface area contributed by atoms with Gasteiger partial charge in [-0.2, -0.15) is 13.2 Å². The minimum absolute atomic E-state index is 0.225. The quantitative estimate of drug-likeness (QED) is 0.820. The van der Waals surface area contributed by atoms with Crippen LogP contribution in [0, 0.1) is 6.92 Å². The van der Waals surface area contributed by atoms with Gasteiger partial charge in [0.15, 0.2) is 0 Å². The molecule has 0 heterocycles. The average molecular weight is 223 g/mol. The number of alkyl halides is 3. The smallest absolute Gasteiger partial charge is 0.297 e. The van der Waals surface area contributed by atoms with Gasteiger partial charge in [0.1, 0.15) is 0 Å². The summed E-state index contributed by atoms with van der Waals surface area (Å²) >= 11 is 0. The Kier molecular flexibility index (Phi) is 3.15. The van der Waals surface area contributed by atoms with Crippen LogP contribution in [0.4, 0.5) is 18.9 Å². The number of para-hydroxylation sites is 1. The monoisotopic (exact) mass is 223 g/mol. The van der Waals surface area contributed by atoms with E-state index >= 15 is 0 Å². The fourth-order valence-electron chi connectivity index (χ4n) is 0.845. The number of rotatable bonds is 2. The van der Waals surface area contributed by atoms with E-state index < -0.39 is 16.5 Å². The van der Waals surface area contributed by atoms with Gasteiger partial charge in [-0.3, -0.25) is 4.72 Å². The van der Waals surface area contributed by atoms with E-state index in [-0.39, 0.29) is 5.69 Å². The molecule has 1 aromatic carbocycles. The van der Waals surface area contributed by atoms with Crippen molar-refractivity contribution in [2.24, 2.45) is 0 Å². The molecule has 1 aromatic rings. The molecule has 0 saturated carbocycles. The first-order valence-electron chi connectivity index (χ1n) is 3.72. The van der Waals surface area contributed by atoms with Gasteiger partial charge >= 0.3 is 5.51 Å². The highest BCUT2D eigenvalue weighted by atomic mass is 32.2. The Bertz CT molecular complexity index is 351. The van der Waals surface area contributed by atoms with Gasteiger partial charge < -0.3 is 0 Å². The molecule has 0 fully saturated rings. The molecule has 1 unspecified atom stereocenters. The summed E-state index contributed by atoms with van der Waals surface area (Å²) in [6.45, 7) is 1.63. The Morgan fingerprint density at radius 3 is 2.36 bits per heavy atom. The summed E-state index contributed by atoms with van der Waals surface area (Å²) in [7, 11) is -3.05. The highest BCUT2D eigenvalue weighted by molar-refractivity contribution is 7.87. The van der Waals surface area contributed by atoms with Gasteiger partial charge in [0, 0.05) is 5.69 Å². The van der Waals surface area contributed by atoms with Gasteiger partial charge in [0.25, 0.3) is 0 Å². The van der Waals surface area contributed by atoms with E-state index in [1.165, 1.54) is 6.07 Å². The molecule has 2 nitrogen and oxygen atoms in total. The van der Waals surface area contributed by atoms with Gasteiger partial charge in [0.05, 0.1) is 0 Å². The third-order valence-electron chi connectivity index (χ3n) is 1.56. The van der Waals surface area contributed by atoms with Crippen LogP contribution in [-0.2, 0) is 11.0 Å². The average Bonchev–Trinajstić information content (AvgIpc) is 2.07. The summed E-state index contributed by atoms with van der Waals surface area (Å²) in [6.07, 6.45) is 0. The zero-order valence-electron chi connectivity index (χ0n) is 7.26. The van der Waals surface area contributed by atoms with Crippen molar-refractivity contribution >= 4 is 16.7 Å². The van der Waals surface area contributed by atoms with Crippen molar-refractivity contribution in [2.75, 3.05) is 4.72 Å². The molecular formula is C8H8F3NOS. The lowest BCUT2D eigenvalue weighted by atomic mass is 10.2. The third kappa shape index (κ3) is 2.73.